The molecule has 7 nitrogen and oxygen atoms in total. The first-order valence-corrected chi connectivity index (χ1v) is 14.0. The number of carbonyl (C=O) groups excluding carboxylic acids is 2. The van der Waals surface area contributed by atoms with E-state index in [1.54, 1.807) is 19.2 Å². The molecule has 1 spiro atoms. The predicted octanol–water partition coefficient (Wildman–Crippen LogP) is 4.58. The number of rotatable bonds is 7. The molecule has 1 atom stereocenters. The molecule has 2 aliphatic heterocycles. The number of aromatic amines is 1. The van der Waals surface area contributed by atoms with E-state index >= 15 is 4.39 Å². The molecule has 8 heteroatoms. The molecule has 0 amide bonds. The lowest BCUT2D eigenvalue weighted by Crippen LogP contribution is -2.65. The maximum atomic E-state index is 15.1. The van der Waals surface area contributed by atoms with Crippen molar-refractivity contribution in [2.75, 3.05) is 33.4 Å². The summed E-state index contributed by atoms with van der Waals surface area (Å²) in [4.78, 5) is 32.7. The van der Waals surface area contributed by atoms with Crippen molar-refractivity contribution in [3.05, 3.63) is 65.1 Å². The number of methoxy groups -OCH3 is 1. The molecular formula is C31H36FN3O4. The number of fused-ring (bicyclic) bond motifs is 4. The molecule has 1 aliphatic carbocycles. The number of aromatic nitrogens is 1. The van der Waals surface area contributed by atoms with E-state index in [0.29, 0.717) is 12.1 Å². The molecule has 2 aromatic carbocycles. The van der Waals surface area contributed by atoms with Gasteiger partial charge in [-0.3, -0.25) is 14.5 Å². The number of nitrogens with zero attached hydrogens (tertiary/aromatic N) is 1. The third-order valence-electron chi connectivity index (χ3n) is 9.23. The highest BCUT2D eigenvalue weighted by Gasteiger charge is 2.59. The highest BCUT2D eigenvalue weighted by molar-refractivity contribution is 5.97. The van der Waals surface area contributed by atoms with Gasteiger partial charge >= 0.3 is 5.97 Å². The molecule has 3 heterocycles. The van der Waals surface area contributed by atoms with E-state index in [1.165, 1.54) is 13.0 Å². The Morgan fingerprint density at radius 1 is 1.13 bits per heavy atom. The van der Waals surface area contributed by atoms with Crippen LogP contribution in [0.3, 0.4) is 0 Å². The maximum Gasteiger partial charge on any atom is 0.302 e. The zero-order chi connectivity index (χ0) is 27.2. The molecular weight excluding hydrogens is 497 g/mol. The Balaban J connectivity index is 1.63. The Hall–Kier alpha value is -3.23. The van der Waals surface area contributed by atoms with Crippen molar-refractivity contribution in [2.45, 2.75) is 56.5 Å². The van der Waals surface area contributed by atoms with Crippen LogP contribution in [0, 0.1) is 11.7 Å². The number of benzene rings is 2. The maximum absolute atomic E-state index is 15.1. The molecule has 2 N–H and O–H groups in total. The second-order valence-corrected chi connectivity index (χ2v) is 11.4. The number of ketones is 1. The normalized spacial score (nSPS) is 22.8. The number of piperidine rings is 1. The molecule has 206 valence electrons. The number of esters is 1. The molecule has 0 radical (unpaired) electrons. The highest BCUT2D eigenvalue weighted by atomic mass is 19.1. The quantitative estimate of drug-likeness (QED) is 0.433. The van der Waals surface area contributed by atoms with Crippen molar-refractivity contribution in [2.24, 2.45) is 5.92 Å². The Bertz CT molecular complexity index is 1410. The summed E-state index contributed by atoms with van der Waals surface area (Å²) in [5, 5.41) is 4.56. The van der Waals surface area contributed by atoms with Gasteiger partial charge in [0.1, 0.15) is 18.2 Å². The molecule has 1 saturated carbocycles. The van der Waals surface area contributed by atoms with Crippen LogP contribution in [-0.4, -0.2) is 55.0 Å². The van der Waals surface area contributed by atoms with E-state index in [1.807, 2.05) is 18.2 Å². The van der Waals surface area contributed by atoms with Gasteiger partial charge in [-0.1, -0.05) is 24.6 Å². The van der Waals surface area contributed by atoms with Crippen LogP contribution >= 0.6 is 0 Å². The van der Waals surface area contributed by atoms with E-state index < -0.39 is 11.5 Å². The second-order valence-electron chi connectivity index (χ2n) is 11.4. The Morgan fingerprint density at radius 3 is 2.56 bits per heavy atom. The van der Waals surface area contributed by atoms with Crippen LogP contribution in [0.4, 0.5) is 4.39 Å². The number of Topliss-reactive ketones (excluding diaryl/α,β-unsaturated/α-hetero) is 1. The van der Waals surface area contributed by atoms with Gasteiger partial charge in [-0.2, -0.15) is 0 Å². The van der Waals surface area contributed by atoms with E-state index in [2.05, 4.69) is 21.3 Å². The summed E-state index contributed by atoms with van der Waals surface area (Å²) >= 11 is 0. The third-order valence-corrected chi connectivity index (χ3v) is 9.23. The number of hydrogen-bond acceptors (Lipinski definition) is 6. The molecule has 3 aliphatic rings. The zero-order valence-corrected chi connectivity index (χ0v) is 22.6. The number of H-pyrrole nitrogens is 1. The highest BCUT2D eigenvalue weighted by Crippen LogP contribution is 2.53. The summed E-state index contributed by atoms with van der Waals surface area (Å²) in [6.07, 6.45) is 4.39. The van der Waals surface area contributed by atoms with E-state index in [-0.39, 0.29) is 36.1 Å². The van der Waals surface area contributed by atoms with Crippen molar-refractivity contribution < 1.29 is 23.5 Å². The van der Waals surface area contributed by atoms with Gasteiger partial charge in [-0.25, -0.2) is 4.39 Å². The van der Waals surface area contributed by atoms with Crippen LogP contribution in [0.15, 0.2) is 42.5 Å². The minimum absolute atomic E-state index is 0.0508. The van der Waals surface area contributed by atoms with Crippen molar-refractivity contribution >= 4 is 22.7 Å². The van der Waals surface area contributed by atoms with E-state index in [9.17, 15) is 9.59 Å². The van der Waals surface area contributed by atoms with Crippen LogP contribution in [0.1, 0.15) is 55.8 Å². The van der Waals surface area contributed by atoms with Crippen LogP contribution in [-0.2, 0) is 31.8 Å². The van der Waals surface area contributed by atoms with Gasteiger partial charge in [0.05, 0.1) is 12.8 Å². The third kappa shape index (κ3) is 4.25. The lowest BCUT2D eigenvalue weighted by atomic mass is 9.62. The number of nitrogens with one attached hydrogen (secondary N) is 2. The predicted molar refractivity (Wildman–Crippen MR) is 146 cm³/mol. The van der Waals surface area contributed by atoms with Gasteiger partial charge in [0, 0.05) is 53.9 Å². The molecule has 6 rings (SSSR count). The lowest BCUT2D eigenvalue weighted by Gasteiger charge is -2.55. The summed E-state index contributed by atoms with van der Waals surface area (Å²) in [5.41, 5.74) is 1.82. The Kier molecular flexibility index (Phi) is 6.71. The minimum Gasteiger partial charge on any atom is -0.497 e. The van der Waals surface area contributed by atoms with Crippen molar-refractivity contribution in [1.82, 2.24) is 15.2 Å². The van der Waals surface area contributed by atoms with Gasteiger partial charge < -0.3 is 19.8 Å². The molecule has 1 aromatic heterocycles. The fourth-order valence-electron chi connectivity index (χ4n) is 6.97. The summed E-state index contributed by atoms with van der Waals surface area (Å²) in [6, 6.07) is 12.7. The summed E-state index contributed by atoms with van der Waals surface area (Å²) in [7, 11) is 1.64. The molecule has 0 bridgehead atoms. The second kappa shape index (κ2) is 10.1. The van der Waals surface area contributed by atoms with Crippen molar-refractivity contribution in [1.29, 1.82) is 0 Å². The van der Waals surface area contributed by atoms with Crippen LogP contribution < -0.4 is 10.1 Å². The van der Waals surface area contributed by atoms with Crippen LogP contribution in [0.5, 0.6) is 5.75 Å². The van der Waals surface area contributed by atoms with Gasteiger partial charge in [0.15, 0.2) is 11.3 Å². The van der Waals surface area contributed by atoms with Gasteiger partial charge in [-0.15, -0.1) is 0 Å². The average molecular weight is 534 g/mol. The number of ether oxygens (including phenoxy) is 2. The smallest absolute Gasteiger partial charge is 0.302 e. The fraction of sp³-hybridized carbons (Fsp3) is 0.484. The number of carbonyl (C=O) groups is 2. The molecule has 1 saturated heterocycles. The molecule has 39 heavy (non-hydrogen) atoms. The largest absolute Gasteiger partial charge is 0.497 e. The van der Waals surface area contributed by atoms with Crippen LogP contribution in [0.25, 0.3) is 10.9 Å². The Morgan fingerprint density at radius 2 is 1.90 bits per heavy atom. The van der Waals surface area contributed by atoms with Crippen LogP contribution in [0.2, 0.25) is 0 Å². The monoisotopic (exact) mass is 533 g/mol. The zero-order valence-electron chi connectivity index (χ0n) is 22.6. The Labute approximate surface area is 228 Å². The number of halogens is 1. The summed E-state index contributed by atoms with van der Waals surface area (Å²) in [6.45, 7) is 3.76. The summed E-state index contributed by atoms with van der Waals surface area (Å²) < 4.78 is 26.4. The standard InChI is InChI=1S/C31H36FN3O4/c1-20(36)39-19-31(29(37)21-7-5-8-21)28-27(24-11-10-23(38-2)16-26(24)34-28)30(12-14-33-15-13-30)18-35(31)17-22-6-3-4-9-25(22)32/h3-4,6,9-11,16,21,33-34H,5,7-8,12-15,17-19H2,1-2H3. The SMILES string of the molecule is COc1ccc2c3c([nH]c2c1)C(COC(C)=O)(C(=O)C1CCC1)N(Cc1ccccc1F)CC31CCNCC1. The summed E-state index contributed by atoms with van der Waals surface area (Å²) in [5.74, 6) is -0.0985. The van der Waals surface area contributed by atoms with E-state index in [4.69, 9.17) is 9.47 Å². The van der Waals surface area contributed by atoms with Crippen molar-refractivity contribution in [3.63, 3.8) is 0 Å². The number of hydrogen-bond donors (Lipinski definition) is 2. The topological polar surface area (TPSA) is 83.7 Å². The van der Waals surface area contributed by atoms with Gasteiger partial charge in [0.25, 0.3) is 0 Å². The van der Waals surface area contributed by atoms with Gasteiger partial charge in [0.2, 0.25) is 0 Å². The van der Waals surface area contributed by atoms with Gasteiger partial charge in [-0.05, 0) is 62.5 Å². The molecule has 2 fully saturated rings. The first-order chi connectivity index (χ1) is 18.9. The average Bonchev–Trinajstić information content (AvgIpc) is 3.29. The first-order valence-electron chi connectivity index (χ1n) is 14.0. The first kappa shape index (κ1) is 26.0. The minimum atomic E-state index is -1.25. The van der Waals surface area contributed by atoms with E-state index in [0.717, 1.165) is 73.1 Å². The van der Waals surface area contributed by atoms with Crippen molar-refractivity contribution in [3.8, 4) is 5.75 Å². The molecule has 3 aromatic rings. The fourth-order valence-corrected chi connectivity index (χ4v) is 6.97. The molecule has 1 unspecified atom stereocenters. The lowest BCUT2D eigenvalue weighted by molar-refractivity contribution is -0.157.